The fraction of sp³-hybridized carbons (Fsp3) is 0.480. The minimum absolute atomic E-state index is 0.378. The molecule has 0 aromatic heterocycles. The molecule has 4 nitrogen and oxygen atoms in total. The van der Waals surface area contributed by atoms with Gasteiger partial charge in [0.15, 0.2) is 6.10 Å². The number of rotatable bonds is 7. The first-order chi connectivity index (χ1) is 14.0. The van der Waals surface area contributed by atoms with Gasteiger partial charge in [0.05, 0.1) is 12.2 Å². The van der Waals surface area contributed by atoms with Crippen molar-refractivity contribution in [1.29, 1.82) is 0 Å². The van der Waals surface area contributed by atoms with Crippen molar-refractivity contribution in [2.45, 2.75) is 73.0 Å². The monoisotopic (exact) mass is 475 g/mol. The SMILES string of the molecule is CCCCOC(=O)[C@@H](OC(C)(C)C)c1c(C)c(N)c(Br)c(C)c1-c1ccc(C)cc1. The van der Waals surface area contributed by atoms with Crippen molar-refractivity contribution < 1.29 is 14.3 Å². The summed E-state index contributed by atoms with van der Waals surface area (Å²) in [5.41, 5.74) is 12.2. The Morgan fingerprint density at radius 3 is 2.23 bits per heavy atom. The molecule has 0 spiro atoms. The third kappa shape index (κ3) is 5.64. The van der Waals surface area contributed by atoms with E-state index >= 15 is 0 Å². The molecule has 0 aliphatic rings. The maximum Gasteiger partial charge on any atom is 0.340 e. The summed E-state index contributed by atoms with van der Waals surface area (Å²) >= 11 is 3.64. The van der Waals surface area contributed by atoms with E-state index in [0.717, 1.165) is 45.1 Å². The van der Waals surface area contributed by atoms with Gasteiger partial charge < -0.3 is 15.2 Å². The van der Waals surface area contributed by atoms with Gasteiger partial charge in [0.2, 0.25) is 0 Å². The van der Waals surface area contributed by atoms with Gasteiger partial charge in [-0.2, -0.15) is 0 Å². The number of ether oxygens (including phenoxy) is 2. The van der Waals surface area contributed by atoms with Crippen LogP contribution in [0.3, 0.4) is 0 Å². The predicted octanol–water partition coefficient (Wildman–Crippen LogP) is 6.82. The number of halogens is 1. The first kappa shape index (κ1) is 24.4. The van der Waals surface area contributed by atoms with E-state index in [9.17, 15) is 4.79 Å². The molecule has 0 unspecified atom stereocenters. The van der Waals surface area contributed by atoms with Gasteiger partial charge in [0.1, 0.15) is 0 Å². The molecule has 30 heavy (non-hydrogen) atoms. The molecular formula is C25H34BrNO3. The number of anilines is 1. The average molecular weight is 476 g/mol. The van der Waals surface area contributed by atoms with Crippen LogP contribution in [0.15, 0.2) is 28.7 Å². The number of hydrogen-bond donors (Lipinski definition) is 1. The molecular weight excluding hydrogens is 442 g/mol. The number of esters is 1. The number of nitrogen functional groups attached to an aromatic ring is 1. The fourth-order valence-electron chi connectivity index (χ4n) is 3.40. The zero-order valence-corrected chi connectivity index (χ0v) is 20.8. The standard InChI is InChI=1S/C25H34BrNO3/c1-8-9-14-29-24(28)23(30-25(5,6)7)20-17(4)22(27)21(26)16(3)19(20)18-12-10-15(2)11-13-18/h10-13,23H,8-9,14,27H2,1-7H3/t23-/m0/s1. The minimum atomic E-state index is -0.868. The molecule has 0 fully saturated rings. The molecule has 2 N–H and O–H groups in total. The Balaban J connectivity index is 2.74. The highest BCUT2D eigenvalue weighted by molar-refractivity contribution is 9.10. The molecule has 0 radical (unpaired) electrons. The van der Waals surface area contributed by atoms with Crippen molar-refractivity contribution in [3.05, 3.63) is 51.0 Å². The summed E-state index contributed by atoms with van der Waals surface area (Å²) < 4.78 is 12.7. The first-order valence-electron chi connectivity index (χ1n) is 10.5. The summed E-state index contributed by atoms with van der Waals surface area (Å²) in [5, 5.41) is 0. The third-order valence-corrected chi connectivity index (χ3v) is 6.07. The predicted molar refractivity (Wildman–Crippen MR) is 128 cm³/mol. The van der Waals surface area contributed by atoms with Crippen LogP contribution in [0.4, 0.5) is 5.69 Å². The zero-order chi connectivity index (χ0) is 22.6. The summed E-state index contributed by atoms with van der Waals surface area (Å²) in [7, 11) is 0. The van der Waals surface area contributed by atoms with Crippen LogP contribution in [0.1, 0.15) is 68.9 Å². The maximum absolute atomic E-state index is 13.2. The van der Waals surface area contributed by atoms with Crippen LogP contribution in [0.2, 0.25) is 0 Å². The van der Waals surface area contributed by atoms with Crippen molar-refractivity contribution in [1.82, 2.24) is 0 Å². The molecule has 1 atom stereocenters. The van der Waals surface area contributed by atoms with E-state index < -0.39 is 11.7 Å². The molecule has 0 aliphatic carbocycles. The Hall–Kier alpha value is -1.85. The molecule has 0 amide bonds. The Labute approximate surface area is 189 Å². The van der Waals surface area contributed by atoms with E-state index in [1.54, 1.807) is 0 Å². The smallest absolute Gasteiger partial charge is 0.340 e. The number of unbranched alkanes of at least 4 members (excludes halogenated alkanes) is 1. The van der Waals surface area contributed by atoms with Gasteiger partial charge in [-0.05, 0) is 86.1 Å². The fourth-order valence-corrected chi connectivity index (χ4v) is 3.90. The topological polar surface area (TPSA) is 61.5 Å². The van der Waals surface area contributed by atoms with Crippen LogP contribution in [-0.4, -0.2) is 18.2 Å². The molecule has 0 heterocycles. The second kappa shape index (κ2) is 9.97. The molecule has 0 aliphatic heterocycles. The number of nitrogens with two attached hydrogens (primary N) is 1. The van der Waals surface area contributed by atoms with Crippen LogP contribution < -0.4 is 5.73 Å². The molecule has 0 bridgehead atoms. The lowest BCUT2D eigenvalue weighted by atomic mass is 9.87. The highest BCUT2D eigenvalue weighted by Gasteiger charge is 2.34. The first-order valence-corrected chi connectivity index (χ1v) is 11.3. The number of carbonyl (C=O) groups is 1. The lowest BCUT2D eigenvalue weighted by molar-refractivity contribution is -0.167. The Morgan fingerprint density at radius 2 is 1.70 bits per heavy atom. The lowest BCUT2D eigenvalue weighted by Crippen LogP contribution is -2.30. The van der Waals surface area contributed by atoms with Gasteiger partial charge in [-0.25, -0.2) is 4.79 Å². The summed E-state index contributed by atoms with van der Waals surface area (Å²) in [6.07, 6.45) is 0.905. The van der Waals surface area contributed by atoms with Gasteiger partial charge >= 0.3 is 5.97 Å². The quantitative estimate of drug-likeness (QED) is 0.271. The minimum Gasteiger partial charge on any atom is -0.464 e. The third-order valence-electron chi connectivity index (χ3n) is 5.05. The molecule has 164 valence electrons. The maximum atomic E-state index is 13.2. The zero-order valence-electron chi connectivity index (χ0n) is 19.2. The van der Waals surface area contributed by atoms with Crippen molar-refractivity contribution in [3.63, 3.8) is 0 Å². The molecule has 2 aromatic carbocycles. The van der Waals surface area contributed by atoms with Crippen LogP contribution in [0, 0.1) is 20.8 Å². The summed E-state index contributed by atoms with van der Waals surface area (Å²) in [5.74, 6) is -0.379. The largest absolute Gasteiger partial charge is 0.464 e. The van der Waals surface area contributed by atoms with E-state index in [2.05, 4.69) is 54.0 Å². The van der Waals surface area contributed by atoms with Crippen LogP contribution in [0.5, 0.6) is 0 Å². The highest BCUT2D eigenvalue weighted by Crippen LogP contribution is 2.44. The van der Waals surface area contributed by atoms with E-state index in [0.29, 0.717) is 12.3 Å². The Bertz CT molecular complexity index is 898. The Kier molecular flexibility index (Phi) is 8.12. The van der Waals surface area contributed by atoms with Crippen molar-refractivity contribution in [2.75, 3.05) is 12.3 Å². The number of carbonyl (C=O) groups excluding carboxylic acids is 1. The van der Waals surface area contributed by atoms with Crippen LogP contribution in [-0.2, 0) is 14.3 Å². The number of benzene rings is 2. The average Bonchev–Trinajstić information content (AvgIpc) is 2.67. The molecule has 2 rings (SSSR count). The van der Waals surface area contributed by atoms with Crippen molar-refractivity contribution in [3.8, 4) is 11.1 Å². The second-order valence-corrected chi connectivity index (χ2v) is 9.56. The summed E-state index contributed by atoms with van der Waals surface area (Å²) in [4.78, 5) is 13.2. The van der Waals surface area contributed by atoms with Gasteiger partial charge in [0.25, 0.3) is 0 Å². The molecule has 0 saturated heterocycles. The second-order valence-electron chi connectivity index (χ2n) is 8.76. The summed E-state index contributed by atoms with van der Waals surface area (Å²) in [6.45, 7) is 14.3. The van der Waals surface area contributed by atoms with Crippen LogP contribution in [0.25, 0.3) is 11.1 Å². The van der Waals surface area contributed by atoms with E-state index in [1.807, 2.05) is 34.6 Å². The van der Waals surface area contributed by atoms with E-state index in [-0.39, 0.29) is 5.97 Å². The lowest BCUT2D eigenvalue weighted by Gasteiger charge is -2.30. The Morgan fingerprint density at radius 1 is 1.10 bits per heavy atom. The van der Waals surface area contributed by atoms with E-state index in [1.165, 1.54) is 5.56 Å². The number of aryl methyl sites for hydroxylation is 1. The molecule has 5 heteroatoms. The van der Waals surface area contributed by atoms with Gasteiger partial charge in [0, 0.05) is 15.7 Å². The molecule has 0 saturated carbocycles. The van der Waals surface area contributed by atoms with Gasteiger partial charge in [-0.3, -0.25) is 0 Å². The number of hydrogen-bond acceptors (Lipinski definition) is 4. The van der Waals surface area contributed by atoms with Crippen molar-refractivity contribution >= 4 is 27.6 Å². The van der Waals surface area contributed by atoms with Crippen molar-refractivity contribution in [2.24, 2.45) is 0 Å². The summed E-state index contributed by atoms with van der Waals surface area (Å²) in [6, 6.07) is 8.27. The molecule has 2 aromatic rings. The van der Waals surface area contributed by atoms with Gasteiger partial charge in [-0.15, -0.1) is 0 Å². The normalized spacial score (nSPS) is 12.7. The van der Waals surface area contributed by atoms with Crippen LogP contribution >= 0.6 is 15.9 Å². The highest BCUT2D eigenvalue weighted by atomic mass is 79.9. The van der Waals surface area contributed by atoms with E-state index in [4.69, 9.17) is 15.2 Å². The van der Waals surface area contributed by atoms with Gasteiger partial charge in [-0.1, -0.05) is 43.2 Å².